The summed E-state index contributed by atoms with van der Waals surface area (Å²) in [5.74, 6) is -1.17. The predicted octanol–water partition coefficient (Wildman–Crippen LogP) is 0.762. The van der Waals surface area contributed by atoms with Gasteiger partial charge >= 0.3 is 5.97 Å². The lowest BCUT2D eigenvalue weighted by Crippen LogP contribution is -2.44. The quantitative estimate of drug-likeness (QED) is 0.118. The second kappa shape index (κ2) is 14.4. The highest BCUT2D eigenvalue weighted by atomic mass is 35.5. The van der Waals surface area contributed by atoms with Crippen LogP contribution in [0.25, 0.3) is 0 Å². The number of nitrogens with zero attached hydrogens (tertiary/aromatic N) is 3. The number of rotatable bonds is 11. The maximum atomic E-state index is 12.2. The Balaban J connectivity index is 1.64. The monoisotopic (exact) mass is 526 g/mol. The Kier molecular flexibility index (Phi) is 11.6. The van der Waals surface area contributed by atoms with Crippen molar-refractivity contribution >= 4 is 47.0 Å². The van der Waals surface area contributed by atoms with Gasteiger partial charge in [-0.25, -0.2) is 14.8 Å². The minimum absolute atomic E-state index is 0.0451. The van der Waals surface area contributed by atoms with E-state index in [4.69, 9.17) is 38.3 Å². The third-order valence-corrected chi connectivity index (χ3v) is 6.10. The fourth-order valence-electron chi connectivity index (χ4n) is 3.94. The third kappa shape index (κ3) is 9.46. The van der Waals surface area contributed by atoms with Crippen molar-refractivity contribution in [1.29, 1.82) is 0 Å². The molecule has 2 amide bonds. The molecule has 0 aliphatic heterocycles. The molecule has 1 aliphatic carbocycles. The van der Waals surface area contributed by atoms with Gasteiger partial charge in [0.15, 0.2) is 34.5 Å². The molecule has 1 unspecified atom stereocenters. The highest BCUT2D eigenvalue weighted by Crippen LogP contribution is 2.30. The van der Waals surface area contributed by atoms with Crippen LogP contribution >= 0.6 is 11.6 Å². The highest BCUT2D eigenvalue weighted by Gasteiger charge is 2.25. The maximum Gasteiger partial charge on any atom is 0.330 e. The average Bonchev–Trinajstić information content (AvgIpc) is 2.83. The van der Waals surface area contributed by atoms with Crippen molar-refractivity contribution < 1.29 is 23.9 Å². The summed E-state index contributed by atoms with van der Waals surface area (Å²) in [7, 11) is 1.28. The van der Waals surface area contributed by atoms with Gasteiger partial charge in [-0.15, -0.1) is 0 Å². The lowest BCUT2D eigenvalue weighted by Gasteiger charge is -2.29. The molecule has 1 aliphatic rings. The molecule has 0 radical (unpaired) electrons. The van der Waals surface area contributed by atoms with E-state index in [9.17, 15) is 14.4 Å². The van der Waals surface area contributed by atoms with Crippen LogP contribution in [0.3, 0.4) is 0 Å². The number of amides is 2. The summed E-state index contributed by atoms with van der Waals surface area (Å²) >= 11 is 5.78. The van der Waals surface area contributed by atoms with Crippen LogP contribution in [0, 0.1) is 5.92 Å². The first-order valence-corrected chi connectivity index (χ1v) is 12.1. The summed E-state index contributed by atoms with van der Waals surface area (Å²) in [6.07, 6.45) is 6.77. The Hall–Kier alpha value is -3.19. The van der Waals surface area contributed by atoms with E-state index in [1.54, 1.807) is 0 Å². The Bertz CT molecular complexity index is 953. The molecule has 8 N–H and O–H groups in total. The van der Waals surface area contributed by atoms with Crippen LogP contribution < -0.4 is 27.8 Å². The third-order valence-electron chi connectivity index (χ3n) is 5.82. The average molecular weight is 527 g/mol. The molecule has 1 aromatic rings. The van der Waals surface area contributed by atoms with Gasteiger partial charge in [-0.1, -0.05) is 24.4 Å². The number of anilines is 2. The number of ether oxygens (including phenoxy) is 2. The van der Waals surface area contributed by atoms with Crippen LogP contribution in [-0.4, -0.2) is 66.1 Å². The van der Waals surface area contributed by atoms with Crippen molar-refractivity contribution in [1.82, 2.24) is 20.6 Å². The Morgan fingerprint density at radius 2 is 1.83 bits per heavy atom. The molecule has 13 nitrogen and oxygen atoms in total. The molecule has 0 aromatic carbocycles. The van der Waals surface area contributed by atoms with Gasteiger partial charge in [-0.3, -0.25) is 19.9 Å². The molecule has 36 heavy (non-hydrogen) atoms. The number of methoxy groups -OCH3 is 1. The summed E-state index contributed by atoms with van der Waals surface area (Å²) in [4.78, 5) is 47.0. The van der Waals surface area contributed by atoms with Gasteiger partial charge in [-0.2, -0.15) is 0 Å². The zero-order chi connectivity index (χ0) is 26.7. The normalized spacial score (nSPS) is 18.8. The van der Waals surface area contributed by atoms with E-state index < -0.39 is 17.9 Å². The fourth-order valence-corrected chi connectivity index (χ4v) is 4.07. The fraction of sp³-hybridized carbons (Fsp3) is 0.636. The van der Waals surface area contributed by atoms with Crippen molar-refractivity contribution in [3.63, 3.8) is 0 Å². The van der Waals surface area contributed by atoms with E-state index in [2.05, 4.69) is 25.6 Å². The number of esters is 1. The summed E-state index contributed by atoms with van der Waals surface area (Å²) in [6, 6.07) is -0.794. The number of unbranched alkanes of at least 4 members (excludes halogenated alkanes) is 1. The van der Waals surface area contributed by atoms with E-state index >= 15 is 0 Å². The van der Waals surface area contributed by atoms with Crippen LogP contribution in [0.1, 0.15) is 62.4 Å². The number of hydrogen-bond acceptors (Lipinski definition) is 10. The smallest absolute Gasteiger partial charge is 0.330 e. The number of aliphatic imine (C=N–C) groups is 1. The molecule has 14 heteroatoms. The Labute approximate surface area is 214 Å². The molecular formula is C22H35ClN8O5. The first kappa shape index (κ1) is 29.0. The maximum absolute atomic E-state index is 12.2. The predicted molar refractivity (Wildman–Crippen MR) is 135 cm³/mol. The number of guanidine groups is 1. The van der Waals surface area contributed by atoms with E-state index in [0.29, 0.717) is 12.5 Å². The van der Waals surface area contributed by atoms with Gasteiger partial charge in [-0.05, 0) is 38.0 Å². The number of aromatic nitrogens is 2. The van der Waals surface area contributed by atoms with Crippen molar-refractivity contribution in [3.05, 3.63) is 10.8 Å². The van der Waals surface area contributed by atoms with Crippen molar-refractivity contribution in [3.8, 4) is 0 Å². The highest BCUT2D eigenvalue weighted by molar-refractivity contribution is 6.31. The second-order valence-electron chi connectivity index (χ2n) is 8.60. The lowest BCUT2D eigenvalue weighted by molar-refractivity contribution is -0.147. The molecule has 1 heterocycles. The molecule has 1 fully saturated rings. The zero-order valence-electron chi connectivity index (χ0n) is 20.6. The van der Waals surface area contributed by atoms with Gasteiger partial charge in [0.25, 0.3) is 5.91 Å². The topological polar surface area (TPSA) is 210 Å². The minimum Gasteiger partial charge on any atom is -0.467 e. The largest absolute Gasteiger partial charge is 0.467 e. The van der Waals surface area contributed by atoms with Gasteiger partial charge < -0.3 is 32.0 Å². The first-order chi connectivity index (χ1) is 17.1. The number of nitrogen functional groups attached to an aromatic ring is 2. The van der Waals surface area contributed by atoms with Gasteiger partial charge in [0.05, 0.1) is 19.8 Å². The van der Waals surface area contributed by atoms with E-state index in [0.717, 1.165) is 44.9 Å². The van der Waals surface area contributed by atoms with Crippen LogP contribution in [0.5, 0.6) is 0 Å². The number of nitrogens with one attached hydrogen (secondary N) is 2. The Morgan fingerprint density at radius 1 is 1.14 bits per heavy atom. The van der Waals surface area contributed by atoms with Crippen molar-refractivity contribution in [2.24, 2.45) is 16.6 Å². The van der Waals surface area contributed by atoms with Crippen LogP contribution in [0.15, 0.2) is 4.99 Å². The minimum atomic E-state index is -0.794. The molecule has 0 bridgehead atoms. The molecule has 1 aromatic heterocycles. The second-order valence-corrected chi connectivity index (χ2v) is 8.96. The molecule has 1 saturated carbocycles. The summed E-state index contributed by atoms with van der Waals surface area (Å²) in [5, 5.41) is 4.84. The van der Waals surface area contributed by atoms with E-state index in [1.807, 2.05) is 0 Å². The van der Waals surface area contributed by atoms with E-state index in [1.165, 1.54) is 14.0 Å². The van der Waals surface area contributed by atoms with E-state index in [-0.39, 0.29) is 47.1 Å². The summed E-state index contributed by atoms with van der Waals surface area (Å²) < 4.78 is 10.6. The van der Waals surface area contributed by atoms with Crippen LogP contribution in [0.4, 0.5) is 11.6 Å². The molecule has 1 atom stereocenters. The number of carbonyl (C=O) groups excluding carboxylic acids is 3. The van der Waals surface area contributed by atoms with Gasteiger partial charge in [0, 0.05) is 13.5 Å². The molecule has 0 spiro atoms. The Morgan fingerprint density at radius 3 is 2.47 bits per heavy atom. The summed E-state index contributed by atoms with van der Waals surface area (Å²) in [5.41, 5.74) is 16.8. The van der Waals surface area contributed by atoms with Crippen LogP contribution in [-0.2, 0) is 19.1 Å². The lowest BCUT2D eigenvalue weighted by atomic mass is 9.84. The number of nitrogens with two attached hydrogens (primary N) is 3. The molecular weight excluding hydrogens is 492 g/mol. The summed E-state index contributed by atoms with van der Waals surface area (Å²) in [6.45, 7) is 1.91. The van der Waals surface area contributed by atoms with Crippen molar-refractivity contribution in [2.45, 2.75) is 64.0 Å². The number of carbonyl (C=O) groups is 3. The SMILES string of the molecule is COC(=O)C(COC1CCC(CCCCN=C(N)NC(=O)c2nc(Cl)c(N)nc2N)CC1)NC(C)=O. The number of hydrogen-bond donors (Lipinski definition) is 5. The van der Waals surface area contributed by atoms with Gasteiger partial charge in [0.2, 0.25) is 5.91 Å². The first-order valence-electron chi connectivity index (χ1n) is 11.8. The zero-order valence-corrected chi connectivity index (χ0v) is 21.3. The van der Waals surface area contributed by atoms with Gasteiger partial charge in [0.1, 0.15) is 0 Å². The van der Waals surface area contributed by atoms with Crippen LogP contribution in [0.2, 0.25) is 5.15 Å². The van der Waals surface area contributed by atoms with Crippen molar-refractivity contribution in [2.75, 3.05) is 31.7 Å². The number of halogens is 1. The molecule has 2 rings (SSSR count). The molecule has 200 valence electrons. The standard InChI is InChI=1S/C22H35ClN8O5/c1-12(32)28-15(21(34)35-2)11-36-14-8-6-13(7-9-14)5-3-4-10-27-22(26)31-20(33)16-18(24)30-19(25)17(23)29-16/h13-15H,3-11H2,1-2H3,(H,28,32)(H4,24,25,30)(H3,26,27,31,33). The molecule has 0 saturated heterocycles.